The molecule has 1 heterocycles. The van der Waals surface area contributed by atoms with Crippen molar-refractivity contribution >= 4 is 32.7 Å². The molecule has 2 N–H and O–H groups in total. The summed E-state index contributed by atoms with van der Waals surface area (Å²) in [5, 5.41) is 5.15. The molecular weight excluding hydrogens is 340 g/mol. The molecule has 0 aliphatic heterocycles. The molecule has 0 spiro atoms. The van der Waals surface area contributed by atoms with Gasteiger partial charge < -0.3 is 5.32 Å². The highest BCUT2D eigenvalue weighted by Crippen LogP contribution is 2.22. The number of rotatable bonds is 7. The van der Waals surface area contributed by atoms with E-state index in [1.165, 1.54) is 37.0 Å². The van der Waals surface area contributed by atoms with E-state index < -0.39 is 10.0 Å². The first-order valence-corrected chi connectivity index (χ1v) is 10.6. The third-order valence-corrected chi connectivity index (χ3v) is 6.84. The fraction of sp³-hybridized carbons (Fsp3) is 0.333. The highest BCUT2D eigenvalue weighted by atomic mass is 32.2. The number of anilines is 2. The van der Waals surface area contributed by atoms with Crippen LogP contribution in [-0.2, 0) is 10.0 Å². The van der Waals surface area contributed by atoms with Crippen molar-refractivity contribution in [3.8, 4) is 0 Å². The maximum absolute atomic E-state index is 12.2. The van der Waals surface area contributed by atoms with Crippen LogP contribution in [0.2, 0.25) is 0 Å². The molecule has 0 saturated carbocycles. The molecule has 4 nitrogen and oxygen atoms in total. The van der Waals surface area contributed by atoms with Crippen LogP contribution in [0.5, 0.6) is 0 Å². The minimum atomic E-state index is -3.47. The van der Waals surface area contributed by atoms with Gasteiger partial charge in [-0.3, -0.25) is 4.72 Å². The van der Waals surface area contributed by atoms with Gasteiger partial charge in [-0.05, 0) is 67.8 Å². The molecule has 0 bridgehead atoms. The van der Waals surface area contributed by atoms with Crippen molar-refractivity contribution in [1.29, 1.82) is 0 Å². The number of nitrogens with one attached hydrogen (secondary N) is 2. The van der Waals surface area contributed by atoms with Crippen LogP contribution >= 0.6 is 11.3 Å². The predicted molar refractivity (Wildman–Crippen MR) is 101 cm³/mol. The van der Waals surface area contributed by atoms with Gasteiger partial charge >= 0.3 is 0 Å². The van der Waals surface area contributed by atoms with E-state index >= 15 is 0 Å². The zero-order valence-electron chi connectivity index (χ0n) is 13.5. The normalized spacial score (nSPS) is 14.9. The van der Waals surface area contributed by atoms with E-state index in [1.54, 1.807) is 35.2 Å². The second-order valence-corrected chi connectivity index (χ2v) is 8.76. The summed E-state index contributed by atoms with van der Waals surface area (Å²) in [6.45, 7) is 0.909. The number of benzene rings is 1. The van der Waals surface area contributed by atoms with E-state index in [0.717, 1.165) is 18.7 Å². The molecule has 0 unspecified atom stereocenters. The monoisotopic (exact) mass is 362 g/mol. The summed E-state index contributed by atoms with van der Waals surface area (Å²) in [6.07, 6.45) is 8.52. The van der Waals surface area contributed by atoms with Gasteiger partial charge in [-0.1, -0.05) is 17.7 Å². The number of hydrogen-bond acceptors (Lipinski definition) is 4. The molecule has 6 heteroatoms. The fourth-order valence-electron chi connectivity index (χ4n) is 2.78. The van der Waals surface area contributed by atoms with Gasteiger partial charge in [0.2, 0.25) is 0 Å². The van der Waals surface area contributed by atoms with Crippen LogP contribution in [-0.4, -0.2) is 15.0 Å². The average Bonchev–Trinajstić information content (AvgIpc) is 3.13. The Balaban J connectivity index is 1.53. The summed E-state index contributed by atoms with van der Waals surface area (Å²) in [5.74, 6) is 0. The third-order valence-electron chi connectivity index (χ3n) is 4.06. The molecule has 0 amide bonds. The first kappa shape index (κ1) is 17.0. The molecule has 0 saturated heterocycles. The lowest BCUT2D eigenvalue weighted by Gasteiger charge is -2.13. The Kier molecular flexibility index (Phi) is 5.58. The average molecular weight is 363 g/mol. The Labute approximate surface area is 147 Å². The Morgan fingerprint density at radius 1 is 1.04 bits per heavy atom. The first-order valence-electron chi connectivity index (χ1n) is 8.22. The molecule has 0 radical (unpaired) electrons. The molecule has 1 aromatic carbocycles. The SMILES string of the molecule is O=S(=O)(Nc1ccc(NCCC2=CCCCC2)cc1)c1cccs1. The summed E-state index contributed by atoms with van der Waals surface area (Å²) in [5.41, 5.74) is 3.13. The van der Waals surface area contributed by atoms with E-state index in [-0.39, 0.29) is 0 Å². The van der Waals surface area contributed by atoms with Gasteiger partial charge in [0, 0.05) is 17.9 Å². The van der Waals surface area contributed by atoms with Crippen molar-refractivity contribution in [2.75, 3.05) is 16.6 Å². The minimum Gasteiger partial charge on any atom is -0.385 e. The maximum Gasteiger partial charge on any atom is 0.271 e. The lowest BCUT2D eigenvalue weighted by Crippen LogP contribution is -2.11. The molecule has 24 heavy (non-hydrogen) atoms. The Hall–Kier alpha value is -1.79. The Morgan fingerprint density at radius 3 is 2.50 bits per heavy atom. The molecule has 0 fully saturated rings. The van der Waals surface area contributed by atoms with Crippen LogP contribution in [0.1, 0.15) is 32.1 Å². The molecule has 3 rings (SSSR count). The number of thiophene rings is 1. The van der Waals surface area contributed by atoms with Crippen LogP contribution in [0, 0.1) is 0 Å². The van der Waals surface area contributed by atoms with Gasteiger partial charge in [-0.25, -0.2) is 8.42 Å². The van der Waals surface area contributed by atoms with Crippen LogP contribution < -0.4 is 10.0 Å². The zero-order valence-corrected chi connectivity index (χ0v) is 15.1. The highest BCUT2D eigenvalue weighted by Gasteiger charge is 2.14. The van der Waals surface area contributed by atoms with E-state index in [4.69, 9.17) is 0 Å². The van der Waals surface area contributed by atoms with E-state index in [2.05, 4.69) is 16.1 Å². The minimum absolute atomic E-state index is 0.324. The largest absolute Gasteiger partial charge is 0.385 e. The summed E-state index contributed by atoms with van der Waals surface area (Å²) in [6, 6.07) is 10.7. The smallest absolute Gasteiger partial charge is 0.271 e. The maximum atomic E-state index is 12.2. The van der Waals surface area contributed by atoms with Crippen LogP contribution in [0.15, 0.2) is 57.6 Å². The van der Waals surface area contributed by atoms with E-state index in [9.17, 15) is 8.42 Å². The Morgan fingerprint density at radius 2 is 1.83 bits per heavy atom. The first-order chi connectivity index (χ1) is 11.6. The summed E-state index contributed by atoms with van der Waals surface area (Å²) < 4.78 is 27.3. The van der Waals surface area contributed by atoms with Crippen LogP contribution in [0.25, 0.3) is 0 Å². The molecule has 128 valence electrons. The predicted octanol–water partition coefficient (Wildman–Crippen LogP) is 4.85. The second kappa shape index (κ2) is 7.85. The molecular formula is C18H22N2O2S2. The fourth-order valence-corrected chi connectivity index (χ4v) is 4.83. The highest BCUT2D eigenvalue weighted by molar-refractivity contribution is 7.94. The quantitative estimate of drug-likeness (QED) is 0.692. The third kappa shape index (κ3) is 4.61. The van der Waals surface area contributed by atoms with Crippen molar-refractivity contribution in [3.63, 3.8) is 0 Å². The number of allylic oxidation sites excluding steroid dienone is 1. The lowest BCUT2D eigenvalue weighted by atomic mass is 9.97. The number of sulfonamides is 1. The summed E-state index contributed by atoms with van der Waals surface area (Å²) >= 11 is 1.21. The zero-order chi connectivity index (χ0) is 16.8. The van der Waals surface area contributed by atoms with Crippen LogP contribution in [0.3, 0.4) is 0 Å². The summed E-state index contributed by atoms with van der Waals surface area (Å²) in [4.78, 5) is 0. The summed E-state index contributed by atoms with van der Waals surface area (Å²) in [7, 11) is -3.47. The topological polar surface area (TPSA) is 58.2 Å². The van der Waals surface area contributed by atoms with Crippen molar-refractivity contribution in [2.45, 2.75) is 36.3 Å². The molecule has 1 aliphatic carbocycles. The van der Waals surface area contributed by atoms with E-state index in [1.807, 2.05) is 12.1 Å². The van der Waals surface area contributed by atoms with Gasteiger partial charge in [0.1, 0.15) is 4.21 Å². The lowest BCUT2D eigenvalue weighted by molar-refractivity contribution is 0.603. The molecule has 2 aromatic rings. The molecule has 1 aliphatic rings. The molecule has 0 atom stereocenters. The van der Waals surface area contributed by atoms with Gasteiger partial charge in [0.15, 0.2) is 0 Å². The van der Waals surface area contributed by atoms with Crippen molar-refractivity contribution in [2.24, 2.45) is 0 Å². The van der Waals surface area contributed by atoms with Crippen molar-refractivity contribution in [3.05, 3.63) is 53.4 Å². The van der Waals surface area contributed by atoms with Crippen molar-refractivity contribution in [1.82, 2.24) is 0 Å². The Bertz CT molecular complexity index is 779. The van der Waals surface area contributed by atoms with Gasteiger partial charge in [-0.15, -0.1) is 11.3 Å². The second-order valence-electron chi connectivity index (χ2n) is 5.90. The van der Waals surface area contributed by atoms with Crippen molar-refractivity contribution < 1.29 is 8.42 Å². The van der Waals surface area contributed by atoms with Crippen LogP contribution in [0.4, 0.5) is 11.4 Å². The van der Waals surface area contributed by atoms with Gasteiger partial charge in [-0.2, -0.15) is 0 Å². The van der Waals surface area contributed by atoms with Gasteiger partial charge in [0.05, 0.1) is 0 Å². The standard InChI is InChI=1S/C18H22N2O2S2/c21-24(22,18-7-4-14-23-18)20-17-10-8-16(9-11-17)19-13-12-15-5-2-1-3-6-15/h4-5,7-11,14,19-20H,1-3,6,12-13H2. The number of hydrogen-bond donors (Lipinski definition) is 2. The van der Waals surface area contributed by atoms with E-state index in [0.29, 0.717) is 9.90 Å². The molecule has 1 aromatic heterocycles. The van der Waals surface area contributed by atoms with Gasteiger partial charge in [0.25, 0.3) is 10.0 Å².